The van der Waals surface area contributed by atoms with Crippen molar-refractivity contribution in [2.45, 2.75) is 19.3 Å². The van der Waals surface area contributed by atoms with Crippen LogP contribution in [0.5, 0.6) is 17.2 Å². The van der Waals surface area contributed by atoms with E-state index < -0.39 is 0 Å². The zero-order valence-electron chi connectivity index (χ0n) is 16.3. The predicted octanol–water partition coefficient (Wildman–Crippen LogP) is 4.34. The maximum Gasteiger partial charge on any atom is 0.150 e. The normalized spacial score (nSPS) is 10.5. The Morgan fingerprint density at radius 1 is 0.700 bits per heavy atom. The van der Waals surface area contributed by atoms with Crippen LogP contribution >= 0.6 is 0 Å². The SMILES string of the molecule is C=CCc1cc(Cc2ccc(O)cc2C=O)c(O)c(Cc2ccc(O)cc2C=O)c1. The topological polar surface area (TPSA) is 94.8 Å². The van der Waals surface area contributed by atoms with Crippen LogP contribution in [0, 0.1) is 0 Å². The van der Waals surface area contributed by atoms with E-state index in [9.17, 15) is 24.9 Å². The lowest BCUT2D eigenvalue weighted by atomic mass is 9.92. The van der Waals surface area contributed by atoms with E-state index >= 15 is 0 Å². The van der Waals surface area contributed by atoms with Crippen LogP contribution in [-0.4, -0.2) is 27.9 Å². The Balaban J connectivity index is 2.05. The lowest BCUT2D eigenvalue weighted by molar-refractivity contribution is 0.111. The molecule has 0 aliphatic carbocycles. The molecular formula is C25H22O5. The van der Waals surface area contributed by atoms with Gasteiger partial charge in [0.15, 0.2) is 0 Å². The van der Waals surface area contributed by atoms with Gasteiger partial charge >= 0.3 is 0 Å². The molecule has 0 spiro atoms. The van der Waals surface area contributed by atoms with Gasteiger partial charge in [-0.05, 0) is 58.5 Å². The summed E-state index contributed by atoms with van der Waals surface area (Å²) in [6, 6.07) is 12.8. The smallest absolute Gasteiger partial charge is 0.150 e. The van der Waals surface area contributed by atoms with Crippen molar-refractivity contribution in [3.63, 3.8) is 0 Å². The molecular weight excluding hydrogens is 380 g/mol. The van der Waals surface area contributed by atoms with Gasteiger partial charge in [0.25, 0.3) is 0 Å². The van der Waals surface area contributed by atoms with Crippen molar-refractivity contribution in [1.82, 2.24) is 0 Å². The second-order valence-corrected chi connectivity index (χ2v) is 7.11. The zero-order valence-corrected chi connectivity index (χ0v) is 16.3. The predicted molar refractivity (Wildman–Crippen MR) is 115 cm³/mol. The fraction of sp³-hybridized carbons (Fsp3) is 0.120. The second-order valence-electron chi connectivity index (χ2n) is 7.11. The summed E-state index contributed by atoms with van der Waals surface area (Å²) in [6.45, 7) is 3.77. The van der Waals surface area contributed by atoms with Crippen LogP contribution in [0.25, 0.3) is 0 Å². The fourth-order valence-corrected chi connectivity index (χ4v) is 3.50. The number of phenolic OH excluding ortho intramolecular Hbond substituents is 3. The maximum atomic E-state index is 11.4. The Kier molecular flexibility index (Phi) is 6.32. The summed E-state index contributed by atoms with van der Waals surface area (Å²) in [4.78, 5) is 22.8. The van der Waals surface area contributed by atoms with Gasteiger partial charge in [0.1, 0.15) is 29.8 Å². The van der Waals surface area contributed by atoms with E-state index in [2.05, 4.69) is 6.58 Å². The summed E-state index contributed by atoms with van der Waals surface area (Å²) in [6.07, 6.45) is 4.30. The summed E-state index contributed by atoms with van der Waals surface area (Å²) < 4.78 is 0. The molecule has 0 amide bonds. The highest BCUT2D eigenvalue weighted by Crippen LogP contribution is 2.31. The Morgan fingerprint density at radius 3 is 1.57 bits per heavy atom. The van der Waals surface area contributed by atoms with Crippen molar-refractivity contribution < 1.29 is 24.9 Å². The minimum absolute atomic E-state index is 0.000100. The average Bonchev–Trinajstić information content (AvgIpc) is 2.73. The Bertz CT molecular complexity index is 1030. The lowest BCUT2D eigenvalue weighted by Gasteiger charge is -2.15. The molecule has 3 N–H and O–H groups in total. The highest BCUT2D eigenvalue weighted by molar-refractivity contribution is 5.79. The van der Waals surface area contributed by atoms with Gasteiger partial charge < -0.3 is 15.3 Å². The van der Waals surface area contributed by atoms with E-state index in [1.54, 1.807) is 18.2 Å². The first-order valence-electron chi connectivity index (χ1n) is 9.43. The number of rotatable bonds is 8. The summed E-state index contributed by atoms with van der Waals surface area (Å²) in [7, 11) is 0. The van der Waals surface area contributed by atoms with E-state index in [4.69, 9.17) is 0 Å². The van der Waals surface area contributed by atoms with Crippen molar-refractivity contribution in [3.05, 3.63) is 100 Å². The Morgan fingerprint density at radius 2 is 1.17 bits per heavy atom. The number of hydrogen-bond acceptors (Lipinski definition) is 5. The highest BCUT2D eigenvalue weighted by atomic mass is 16.3. The van der Waals surface area contributed by atoms with Gasteiger partial charge in [-0.25, -0.2) is 0 Å². The minimum atomic E-state index is -0.000100. The van der Waals surface area contributed by atoms with Crippen LogP contribution in [0.4, 0.5) is 0 Å². The Hall–Kier alpha value is -3.86. The second kappa shape index (κ2) is 9.09. The van der Waals surface area contributed by atoms with E-state index in [1.807, 2.05) is 12.1 Å². The standard InChI is InChI=1S/C25H22O5/c1-2-3-16-8-19(10-17-4-6-23(28)12-21(17)14-26)25(30)20(9-16)11-18-5-7-24(29)13-22(18)15-27/h2,4-9,12-15,28-30H,1,3,10-11H2. The molecule has 0 bridgehead atoms. The molecule has 152 valence electrons. The van der Waals surface area contributed by atoms with Crippen LogP contribution in [-0.2, 0) is 19.3 Å². The molecule has 0 fully saturated rings. The van der Waals surface area contributed by atoms with Gasteiger partial charge in [0, 0.05) is 24.0 Å². The van der Waals surface area contributed by atoms with E-state index in [0.717, 1.165) is 5.56 Å². The first-order chi connectivity index (χ1) is 14.4. The lowest BCUT2D eigenvalue weighted by Crippen LogP contribution is -2.01. The third-order valence-corrected chi connectivity index (χ3v) is 4.98. The van der Waals surface area contributed by atoms with Crippen molar-refractivity contribution in [3.8, 4) is 17.2 Å². The first-order valence-corrected chi connectivity index (χ1v) is 9.43. The molecule has 0 radical (unpaired) electrons. The summed E-state index contributed by atoms with van der Waals surface area (Å²) in [5.74, 6) is 0.0810. The van der Waals surface area contributed by atoms with Crippen LogP contribution in [0.15, 0.2) is 61.2 Å². The largest absolute Gasteiger partial charge is 0.508 e. The number of aldehydes is 2. The van der Waals surface area contributed by atoms with Crippen LogP contribution < -0.4 is 0 Å². The zero-order chi connectivity index (χ0) is 21.7. The van der Waals surface area contributed by atoms with Crippen LogP contribution in [0.2, 0.25) is 0 Å². The molecule has 3 rings (SSSR count). The van der Waals surface area contributed by atoms with Crippen molar-refractivity contribution in [2.24, 2.45) is 0 Å². The number of carbonyl (C=O) groups is 2. The van der Waals surface area contributed by atoms with Gasteiger partial charge in [-0.1, -0.05) is 30.3 Å². The van der Waals surface area contributed by atoms with Crippen molar-refractivity contribution >= 4 is 12.6 Å². The third kappa shape index (κ3) is 4.58. The van der Waals surface area contributed by atoms with Gasteiger partial charge in [0.2, 0.25) is 0 Å². The molecule has 30 heavy (non-hydrogen) atoms. The Labute approximate surface area is 174 Å². The number of benzene rings is 3. The number of phenols is 3. The van der Waals surface area contributed by atoms with Gasteiger partial charge in [0.05, 0.1) is 0 Å². The number of aromatic hydroxyl groups is 3. The van der Waals surface area contributed by atoms with E-state index in [0.29, 0.717) is 65.2 Å². The van der Waals surface area contributed by atoms with Gasteiger partial charge in [-0.2, -0.15) is 0 Å². The average molecular weight is 402 g/mol. The molecule has 0 saturated heterocycles. The molecule has 5 heteroatoms. The fourth-order valence-electron chi connectivity index (χ4n) is 3.50. The monoisotopic (exact) mass is 402 g/mol. The van der Waals surface area contributed by atoms with E-state index in [-0.39, 0.29) is 17.2 Å². The summed E-state index contributed by atoms with van der Waals surface area (Å²) >= 11 is 0. The number of hydrogen-bond donors (Lipinski definition) is 3. The minimum Gasteiger partial charge on any atom is -0.508 e. The first kappa shape index (κ1) is 20.9. The van der Waals surface area contributed by atoms with Crippen LogP contribution in [0.3, 0.4) is 0 Å². The molecule has 0 unspecified atom stereocenters. The summed E-state index contributed by atoms with van der Waals surface area (Å²) in [5, 5.41) is 30.2. The van der Waals surface area contributed by atoms with E-state index in [1.165, 1.54) is 24.3 Å². The van der Waals surface area contributed by atoms with Crippen LogP contribution in [0.1, 0.15) is 48.5 Å². The molecule has 3 aromatic rings. The maximum absolute atomic E-state index is 11.4. The van der Waals surface area contributed by atoms with Gasteiger partial charge in [-0.15, -0.1) is 6.58 Å². The molecule has 0 atom stereocenters. The van der Waals surface area contributed by atoms with Crippen molar-refractivity contribution in [1.29, 1.82) is 0 Å². The quantitative estimate of drug-likeness (QED) is 0.385. The third-order valence-electron chi connectivity index (χ3n) is 4.98. The summed E-state index contributed by atoms with van der Waals surface area (Å²) in [5.41, 5.74) is 4.26. The van der Waals surface area contributed by atoms with Crippen molar-refractivity contribution in [2.75, 3.05) is 0 Å². The molecule has 0 heterocycles. The molecule has 5 nitrogen and oxygen atoms in total. The molecule has 0 aromatic heterocycles. The number of allylic oxidation sites excluding steroid dienone is 1. The van der Waals surface area contributed by atoms with Gasteiger partial charge in [-0.3, -0.25) is 9.59 Å². The molecule has 0 aliphatic heterocycles. The number of carbonyl (C=O) groups excluding carboxylic acids is 2. The molecule has 0 aliphatic rings. The highest BCUT2D eigenvalue weighted by Gasteiger charge is 2.15. The molecule has 0 saturated carbocycles. The molecule has 3 aromatic carbocycles.